The van der Waals surface area contributed by atoms with Crippen molar-refractivity contribution in [3.63, 3.8) is 0 Å². The topological polar surface area (TPSA) is 18.5 Å². The molecule has 0 aliphatic heterocycles. The van der Waals surface area contributed by atoms with Gasteiger partial charge in [0.2, 0.25) is 0 Å². The summed E-state index contributed by atoms with van der Waals surface area (Å²) in [4.78, 5) is 0.350. The summed E-state index contributed by atoms with van der Waals surface area (Å²) in [7, 11) is 1.63. The molecule has 1 aliphatic rings. The third-order valence-electron chi connectivity index (χ3n) is 3.67. The van der Waals surface area contributed by atoms with Gasteiger partial charge in [0.25, 0.3) is 0 Å². The van der Waals surface area contributed by atoms with Crippen molar-refractivity contribution in [2.24, 2.45) is 5.92 Å². The Morgan fingerprint density at radius 2 is 2.16 bits per heavy atom. The highest BCUT2D eigenvalue weighted by Gasteiger charge is 2.31. The molecule has 2 nitrogen and oxygen atoms in total. The molecule has 1 unspecified atom stereocenters. The van der Waals surface area contributed by atoms with E-state index in [-0.39, 0.29) is 0 Å². The number of alkyl halides is 1. The lowest BCUT2D eigenvalue weighted by molar-refractivity contribution is -0.0264. The first-order valence-electron chi connectivity index (χ1n) is 6.73. The lowest BCUT2D eigenvalue weighted by Gasteiger charge is -2.36. The predicted octanol–water partition coefficient (Wildman–Crippen LogP) is 4.99. The molecule has 1 fully saturated rings. The molecule has 106 valence electrons. The molecule has 0 amide bonds. The van der Waals surface area contributed by atoms with Crippen LogP contribution < -0.4 is 4.74 Å². The van der Waals surface area contributed by atoms with E-state index in [1.807, 2.05) is 12.1 Å². The lowest BCUT2D eigenvalue weighted by atomic mass is 9.78. The van der Waals surface area contributed by atoms with Gasteiger partial charge in [0.1, 0.15) is 5.75 Å². The number of rotatable bonds is 6. The molecular weight excluding hydrogens is 328 g/mol. The van der Waals surface area contributed by atoms with Gasteiger partial charge in [-0.25, -0.2) is 0 Å². The summed E-state index contributed by atoms with van der Waals surface area (Å²) in [5.41, 5.74) is 1.21. The molecule has 0 radical (unpaired) electrons. The average Bonchev–Trinajstić information content (AvgIpc) is 2.36. The molecule has 0 spiro atoms. The van der Waals surface area contributed by atoms with E-state index in [0.717, 1.165) is 24.7 Å². The van der Waals surface area contributed by atoms with Crippen LogP contribution in [0.4, 0.5) is 0 Å². The monoisotopic (exact) mass is 346 g/mol. The Balaban J connectivity index is 1.87. The van der Waals surface area contributed by atoms with Gasteiger partial charge in [-0.2, -0.15) is 0 Å². The molecule has 1 saturated carbocycles. The van der Waals surface area contributed by atoms with Crippen molar-refractivity contribution in [1.82, 2.24) is 0 Å². The zero-order chi connectivity index (χ0) is 13.8. The van der Waals surface area contributed by atoms with Crippen molar-refractivity contribution in [2.75, 3.05) is 13.7 Å². The van der Waals surface area contributed by atoms with Crippen LogP contribution in [-0.4, -0.2) is 19.8 Å². The smallest absolute Gasteiger partial charge is 0.137 e. The normalized spacial score (nSPS) is 23.8. The molecule has 19 heavy (non-hydrogen) atoms. The van der Waals surface area contributed by atoms with E-state index in [9.17, 15) is 0 Å². The molecule has 1 aromatic rings. The van der Waals surface area contributed by atoms with Crippen LogP contribution in [-0.2, 0) is 4.74 Å². The molecule has 0 saturated heterocycles. The second-order valence-electron chi connectivity index (χ2n) is 5.01. The molecule has 0 heterocycles. The quantitative estimate of drug-likeness (QED) is 0.675. The zero-order valence-electron chi connectivity index (χ0n) is 11.4. The molecule has 0 aromatic heterocycles. The molecule has 2 rings (SSSR count). The van der Waals surface area contributed by atoms with Gasteiger partial charge in [-0.15, -0.1) is 0 Å². The Hall–Kier alpha value is -0.250. The number of benzene rings is 1. The fourth-order valence-electron chi connectivity index (χ4n) is 2.54. The van der Waals surface area contributed by atoms with E-state index in [1.54, 1.807) is 7.11 Å². The maximum atomic E-state index is 6.16. The molecule has 0 bridgehead atoms. The van der Waals surface area contributed by atoms with Crippen molar-refractivity contribution < 1.29 is 9.47 Å². The Labute approximate surface area is 128 Å². The van der Waals surface area contributed by atoms with Crippen LogP contribution in [0.2, 0.25) is 5.02 Å². The van der Waals surface area contributed by atoms with Gasteiger partial charge in [-0.3, -0.25) is 0 Å². The van der Waals surface area contributed by atoms with Crippen LogP contribution >= 0.6 is 27.5 Å². The maximum Gasteiger partial charge on any atom is 0.137 e. The van der Waals surface area contributed by atoms with Crippen molar-refractivity contribution >= 4 is 27.5 Å². The van der Waals surface area contributed by atoms with E-state index >= 15 is 0 Å². The van der Waals surface area contributed by atoms with E-state index in [4.69, 9.17) is 21.1 Å². The Bertz CT molecular complexity index is 419. The van der Waals surface area contributed by atoms with Gasteiger partial charge in [0, 0.05) is 11.4 Å². The first-order chi connectivity index (χ1) is 9.13. The van der Waals surface area contributed by atoms with Crippen LogP contribution in [0.15, 0.2) is 18.2 Å². The Kier molecular flexibility index (Phi) is 5.55. The summed E-state index contributed by atoms with van der Waals surface area (Å²) in [5.74, 6) is 1.48. The molecule has 1 aromatic carbocycles. The van der Waals surface area contributed by atoms with Gasteiger partial charge < -0.3 is 9.47 Å². The summed E-state index contributed by atoms with van der Waals surface area (Å²) in [6.45, 7) is 2.88. The van der Waals surface area contributed by atoms with Crippen LogP contribution in [0.1, 0.15) is 36.6 Å². The number of hydrogen-bond donors (Lipinski definition) is 0. The molecule has 4 heteroatoms. The van der Waals surface area contributed by atoms with Gasteiger partial charge in [-0.1, -0.05) is 33.6 Å². The third kappa shape index (κ3) is 3.87. The summed E-state index contributed by atoms with van der Waals surface area (Å²) in [6, 6.07) is 5.98. The molecular formula is C15H20BrClO2. The fourth-order valence-corrected chi connectivity index (χ4v) is 3.62. The van der Waals surface area contributed by atoms with Gasteiger partial charge in [0.15, 0.2) is 0 Å². The van der Waals surface area contributed by atoms with Crippen molar-refractivity contribution in [3.8, 4) is 5.75 Å². The highest BCUT2D eigenvalue weighted by molar-refractivity contribution is 9.09. The van der Waals surface area contributed by atoms with Crippen molar-refractivity contribution in [2.45, 2.75) is 37.1 Å². The van der Waals surface area contributed by atoms with E-state index in [2.05, 4.69) is 28.9 Å². The summed E-state index contributed by atoms with van der Waals surface area (Å²) < 4.78 is 10.8. The standard InChI is InChI=1S/C15H20BrClO2/c1-3-19-12-6-10(7-12)8-13(16)11-4-5-15(18-2)14(17)9-11/h4-5,9-10,12-13H,3,6-8H2,1-2H3. The van der Waals surface area contributed by atoms with Crippen LogP contribution in [0.5, 0.6) is 5.75 Å². The second kappa shape index (κ2) is 6.96. The number of ether oxygens (including phenoxy) is 2. The largest absolute Gasteiger partial charge is 0.495 e. The first kappa shape index (κ1) is 15.1. The van der Waals surface area contributed by atoms with Gasteiger partial charge in [-0.05, 0) is 49.8 Å². The molecule has 0 N–H and O–H groups in total. The van der Waals surface area contributed by atoms with E-state index in [1.165, 1.54) is 18.4 Å². The molecule has 1 atom stereocenters. The van der Waals surface area contributed by atoms with E-state index < -0.39 is 0 Å². The SMILES string of the molecule is CCOC1CC(CC(Br)c2ccc(OC)c(Cl)c2)C1. The molecule has 1 aliphatic carbocycles. The minimum absolute atomic E-state index is 0.350. The summed E-state index contributed by atoms with van der Waals surface area (Å²) >= 11 is 9.92. The van der Waals surface area contributed by atoms with Gasteiger partial charge >= 0.3 is 0 Å². The van der Waals surface area contributed by atoms with Crippen LogP contribution in [0.3, 0.4) is 0 Å². The Morgan fingerprint density at radius 1 is 1.42 bits per heavy atom. The van der Waals surface area contributed by atoms with Crippen LogP contribution in [0, 0.1) is 5.92 Å². The number of methoxy groups -OCH3 is 1. The predicted molar refractivity (Wildman–Crippen MR) is 82.4 cm³/mol. The summed E-state index contributed by atoms with van der Waals surface area (Å²) in [6.07, 6.45) is 3.97. The lowest BCUT2D eigenvalue weighted by Crippen LogP contribution is -2.31. The second-order valence-corrected chi connectivity index (χ2v) is 6.52. The maximum absolute atomic E-state index is 6.16. The van der Waals surface area contributed by atoms with Crippen molar-refractivity contribution in [3.05, 3.63) is 28.8 Å². The summed E-state index contributed by atoms with van der Waals surface area (Å²) in [5, 5.41) is 0.672. The van der Waals surface area contributed by atoms with Gasteiger partial charge in [0.05, 0.1) is 18.2 Å². The highest BCUT2D eigenvalue weighted by atomic mass is 79.9. The third-order valence-corrected chi connectivity index (χ3v) is 4.87. The minimum atomic E-state index is 0.350. The average molecular weight is 348 g/mol. The number of hydrogen-bond acceptors (Lipinski definition) is 2. The highest BCUT2D eigenvalue weighted by Crippen LogP contribution is 2.41. The number of halogens is 2. The fraction of sp³-hybridized carbons (Fsp3) is 0.600. The van der Waals surface area contributed by atoms with E-state index in [0.29, 0.717) is 16.0 Å². The minimum Gasteiger partial charge on any atom is -0.495 e. The first-order valence-corrected chi connectivity index (χ1v) is 8.02. The van der Waals surface area contributed by atoms with Crippen LogP contribution in [0.25, 0.3) is 0 Å². The Morgan fingerprint density at radius 3 is 2.74 bits per heavy atom. The van der Waals surface area contributed by atoms with Crippen molar-refractivity contribution in [1.29, 1.82) is 0 Å². The zero-order valence-corrected chi connectivity index (χ0v) is 13.7.